The molecule has 1 aliphatic rings. The van der Waals surface area contributed by atoms with E-state index >= 15 is 0 Å². The summed E-state index contributed by atoms with van der Waals surface area (Å²) in [5.74, 6) is 1.11. The number of nitrogens with one attached hydrogen (secondary N) is 1. The summed E-state index contributed by atoms with van der Waals surface area (Å²) in [6.45, 7) is 10.8. The molecule has 2 rings (SSSR count). The number of aliphatic hydroxyl groups excluding tert-OH is 1. The van der Waals surface area contributed by atoms with Crippen molar-refractivity contribution in [1.82, 2.24) is 15.3 Å². The highest BCUT2D eigenvalue weighted by Gasteiger charge is 2.27. The Hall–Kier alpha value is -1.20. The number of anilines is 1. The maximum absolute atomic E-state index is 9.63. The van der Waals surface area contributed by atoms with E-state index < -0.39 is 0 Å². The Balaban J connectivity index is 1.92. The quantitative estimate of drug-likeness (QED) is 0.875. The number of nitrogens with zero attached hydrogens (tertiary/aromatic N) is 3. The van der Waals surface area contributed by atoms with Crippen LogP contribution in [-0.4, -0.2) is 39.8 Å². The molecule has 2 unspecified atom stereocenters. The highest BCUT2D eigenvalue weighted by Crippen LogP contribution is 2.22. The second kappa shape index (κ2) is 6.06. The zero-order valence-corrected chi connectivity index (χ0v) is 12.9. The van der Waals surface area contributed by atoms with Crippen molar-refractivity contribution in [2.75, 3.05) is 18.0 Å². The van der Waals surface area contributed by atoms with E-state index in [1.54, 1.807) is 0 Å². The van der Waals surface area contributed by atoms with Crippen molar-refractivity contribution >= 4 is 5.95 Å². The molecule has 0 aliphatic carbocycles. The van der Waals surface area contributed by atoms with E-state index in [1.807, 2.05) is 19.3 Å². The minimum absolute atomic E-state index is 0.0953. The van der Waals surface area contributed by atoms with Crippen LogP contribution in [0.4, 0.5) is 5.95 Å². The first-order chi connectivity index (χ1) is 9.35. The van der Waals surface area contributed by atoms with Gasteiger partial charge in [-0.15, -0.1) is 0 Å². The molecule has 0 bridgehead atoms. The van der Waals surface area contributed by atoms with E-state index in [0.717, 1.165) is 37.6 Å². The molecule has 2 N–H and O–H groups in total. The maximum atomic E-state index is 9.63. The van der Waals surface area contributed by atoms with Gasteiger partial charge in [0.1, 0.15) is 0 Å². The number of hydrogen-bond acceptors (Lipinski definition) is 5. The molecular formula is C15H26N4O. The summed E-state index contributed by atoms with van der Waals surface area (Å²) in [7, 11) is 0. The smallest absolute Gasteiger partial charge is 0.225 e. The SMILES string of the molecule is CC(O)C1CCN(c2ncc(CNC(C)(C)C)cn2)C1. The first-order valence-electron chi connectivity index (χ1n) is 7.34. The monoisotopic (exact) mass is 278 g/mol. The Kier molecular flexibility index (Phi) is 4.60. The van der Waals surface area contributed by atoms with Gasteiger partial charge in [0.15, 0.2) is 0 Å². The van der Waals surface area contributed by atoms with Crippen LogP contribution >= 0.6 is 0 Å². The van der Waals surface area contributed by atoms with Crippen molar-refractivity contribution in [3.8, 4) is 0 Å². The molecule has 0 spiro atoms. The van der Waals surface area contributed by atoms with Crippen LogP contribution < -0.4 is 10.2 Å². The van der Waals surface area contributed by atoms with Crippen LogP contribution in [0.25, 0.3) is 0 Å². The third-order valence-electron chi connectivity index (χ3n) is 3.70. The summed E-state index contributed by atoms with van der Waals surface area (Å²) in [6.07, 6.45) is 4.53. The van der Waals surface area contributed by atoms with E-state index in [4.69, 9.17) is 0 Å². The molecule has 5 nitrogen and oxygen atoms in total. The first kappa shape index (κ1) is 15.2. The van der Waals surface area contributed by atoms with Gasteiger partial charge >= 0.3 is 0 Å². The summed E-state index contributed by atoms with van der Waals surface area (Å²) in [5, 5.41) is 13.1. The Morgan fingerprint density at radius 2 is 2.05 bits per heavy atom. The number of aromatic nitrogens is 2. The zero-order valence-electron chi connectivity index (χ0n) is 12.9. The van der Waals surface area contributed by atoms with Gasteiger partial charge in [-0.3, -0.25) is 0 Å². The Morgan fingerprint density at radius 3 is 2.55 bits per heavy atom. The van der Waals surface area contributed by atoms with Gasteiger partial charge in [-0.05, 0) is 34.1 Å². The van der Waals surface area contributed by atoms with Gasteiger partial charge in [0.25, 0.3) is 0 Å². The van der Waals surface area contributed by atoms with Gasteiger partial charge < -0.3 is 15.3 Å². The molecule has 2 heterocycles. The fourth-order valence-electron chi connectivity index (χ4n) is 2.33. The van der Waals surface area contributed by atoms with Crippen LogP contribution in [0, 0.1) is 5.92 Å². The van der Waals surface area contributed by atoms with Crippen molar-refractivity contribution in [2.24, 2.45) is 5.92 Å². The molecule has 1 aromatic rings. The largest absolute Gasteiger partial charge is 0.393 e. The van der Waals surface area contributed by atoms with Crippen molar-refractivity contribution in [3.63, 3.8) is 0 Å². The predicted molar refractivity (Wildman–Crippen MR) is 80.6 cm³/mol. The molecule has 5 heteroatoms. The summed E-state index contributed by atoms with van der Waals surface area (Å²) >= 11 is 0. The van der Waals surface area contributed by atoms with Gasteiger partial charge in [0.2, 0.25) is 5.95 Å². The lowest BCUT2D eigenvalue weighted by atomic mass is 10.0. The van der Waals surface area contributed by atoms with Crippen molar-refractivity contribution in [2.45, 2.75) is 52.3 Å². The normalized spacial score (nSPS) is 21.2. The van der Waals surface area contributed by atoms with E-state index in [9.17, 15) is 5.11 Å². The topological polar surface area (TPSA) is 61.3 Å². The van der Waals surface area contributed by atoms with Crippen molar-refractivity contribution < 1.29 is 5.11 Å². The van der Waals surface area contributed by atoms with E-state index in [2.05, 4.69) is 41.0 Å². The molecule has 0 aromatic carbocycles. The maximum Gasteiger partial charge on any atom is 0.225 e. The zero-order chi connectivity index (χ0) is 14.8. The van der Waals surface area contributed by atoms with E-state index in [1.165, 1.54) is 0 Å². The lowest BCUT2D eigenvalue weighted by Crippen LogP contribution is -2.35. The lowest BCUT2D eigenvalue weighted by Gasteiger charge is -2.21. The molecule has 1 fully saturated rings. The fourth-order valence-corrected chi connectivity index (χ4v) is 2.33. The molecule has 1 aliphatic heterocycles. The highest BCUT2D eigenvalue weighted by molar-refractivity contribution is 5.31. The summed E-state index contributed by atoms with van der Waals surface area (Å²) in [5.41, 5.74) is 1.19. The molecule has 2 atom stereocenters. The van der Waals surface area contributed by atoms with Crippen molar-refractivity contribution in [3.05, 3.63) is 18.0 Å². The van der Waals surface area contributed by atoms with Crippen LogP contribution in [0.2, 0.25) is 0 Å². The minimum Gasteiger partial charge on any atom is -0.393 e. The molecule has 1 saturated heterocycles. The van der Waals surface area contributed by atoms with E-state index in [0.29, 0.717) is 5.92 Å². The standard InChI is InChI=1S/C15H26N4O/c1-11(20)13-5-6-19(10-13)14-16-7-12(8-17-14)9-18-15(2,3)4/h7-8,11,13,18,20H,5-6,9-10H2,1-4H3. The third-order valence-corrected chi connectivity index (χ3v) is 3.70. The average Bonchev–Trinajstić information content (AvgIpc) is 2.86. The van der Waals surface area contributed by atoms with Gasteiger partial charge in [0.05, 0.1) is 6.10 Å². The van der Waals surface area contributed by atoms with Crippen LogP contribution in [-0.2, 0) is 6.54 Å². The Labute approximate surface area is 121 Å². The second-order valence-corrected chi connectivity index (χ2v) is 6.73. The highest BCUT2D eigenvalue weighted by atomic mass is 16.3. The molecule has 0 radical (unpaired) electrons. The minimum atomic E-state index is -0.254. The van der Waals surface area contributed by atoms with Gasteiger partial charge in [-0.25, -0.2) is 9.97 Å². The lowest BCUT2D eigenvalue weighted by molar-refractivity contribution is 0.136. The first-order valence-corrected chi connectivity index (χ1v) is 7.34. The summed E-state index contributed by atoms with van der Waals surface area (Å²) in [4.78, 5) is 11.0. The van der Waals surface area contributed by atoms with Crippen molar-refractivity contribution in [1.29, 1.82) is 0 Å². The molecule has 0 amide bonds. The van der Waals surface area contributed by atoms with Crippen LogP contribution in [0.5, 0.6) is 0 Å². The summed E-state index contributed by atoms with van der Waals surface area (Å²) in [6, 6.07) is 0. The molecule has 20 heavy (non-hydrogen) atoms. The van der Waals surface area contributed by atoms with Gasteiger partial charge in [-0.2, -0.15) is 0 Å². The number of aliphatic hydroxyl groups is 1. The number of rotatable bonds is 4. The molecule has 0 saturated carbocycles. The predicted octanol–water partition coefficient (Wildman–Crippen LogP) is 1.57. The third kappa shape index (κ3) is 4.15. The second-order valence-electron chi connectivity index (χ2n) is 6.73. The molecule has 1 aromatic heterocycles. The average molecular weight is 278 g/mol. The van der Waals surface area contributed by atoms with Gasteiger partial charge in [-0.1, -0.05) is 0 Å². The molecular weight excluding hydrogens is 252 g/mol. The summed E-state index contributed by atoms with van der Waals surface area (Å²) < 4.78 is 0. The van der Waals surface area contributed by atoms with Crippen LogP contribution in [0.1, 0.15) is 39.7 Å². The Bertz CT molecular complexity index is 424. The van der Waals surface area contributed by atoms with Crippen LogP contribution in [0.15, 0.2) is 12.4 Å². The number of hydrogen-bond donors (Lipinski definition) is 2. The molecule has 112 valence electrons. The Morgan fingerprint density at radius 1 is 1.40 bits per heavy atom. The van der Waals surface area contributed by atoms with E-state index in [-0.39, 0.29) is 11.6 Å². The fraction of sp³-hybridized carbons (Fsp3) is 0.733. The van der Waals surface area contributed by atoms with Gasteiger partial charge in [0, 0.05) is 49.0 Å². The van der Waals surface area contributed by atoms with Crippen LogP contribution in [0.3, 0.4) is 0 Å².